The summed E-state index contributed by atoms with van der Waals surface area (Å²) in [4.78, 5) is 14.9. The molecule has 6 nitrogen and oxygen atoms in total. The van der Waals surface area contributed by atoms with Crippen LogP contribution in [0.5, 0.6) is 0 Å². The monoisotopic (exact) mass is 195 g/mol. The summed E-state index contributed by atoms with van der Waals surface area (Å²) in [6.45, 7) is 6.11. The Bertz CT molecular complexity index is 343. The molecule has 1 amide bonds. The van der Waals surface area contributed by atoms with Crippen LogP contribution >= 0.6 is 0 Å². The molecule has 3 N–H and O–H groups in total. The van der Waals surface area contributed by atoms with Gasteiger partial charge in [0.15, 0.2) is 0 Å². The maximum atomic E-state index is 11.2. The van der Waals surface area contributed by atoms with E-state index in [0.29, 0.717) is 6.54 Å². The van der Waals surface area contributed by atoms with Gasteiger partial charge >= 0.3 is 0 Å². The molecule has 0 radical (unpaired) electrons. The molecular formula is C8H13N5O. The molecule has 1 rings (SSSR count). The van der Waals surface area contributed by atoms with E-state index in [-0.39, 0.29) is 18.4 Å². The van der Waals surface area contributed by atoms with Gasteiger partial charge in [-0.25, -0.2) is 9.67 Å². The van der Waals surface area contributed by atoms with Gasteiger partial charge in [-0.3, -0.25) is 4.79 Å². The number of nitrogens with two attached hydrogens (primary N) is 1. The van der Waals surface area contributed by atoms with Crippen LogP contribution in [0.25, 0.3) is 0 Å². The summed E-state index contributed by atoms with van der Waals surface area (Å²) in [7, 11) is 0. The number of nitrogen functional groups attached to an aromatic ring is 1. The number of amides is 1. The molecule has 6 heteroatoms. The van der Waals surface area contributed by atoms with E-state index in [4.69, 9.17) is 5.73 Å². The van der Waals surface area contributed by atoms with E-state index in [9.17, 15) is 4.79 Å². The van der Waals surface area contributed by atoms with E-state index >= 15 is 0 Å². The van der Waals surface area contributed by atoms with E-state index in [1.54, 1.807) is 0 Å². The summed E-state index contributed by atoms with van der Waals surface area (Å²) >= 11 is 0. The van der Waals surface area contributed by atoms with Crippen LogP contribution in [0, 0.1) is 0 Å². The van der Waals surface area contributed by atoms with Gasteiger partial charge in [0.2, 0.25) is 11.9 Å². The van der Waals surface area contributed by atoms with Crippen molar-refractivity contribution in [1.29, 1.82) is 0 Å². The van der Waals surface area contributed by atoms with Crippen LogP contribution in [0.3, 0.4) is 0 Å². The highest BCUT2D eigenvalue weighted by atomic mass is 16.2. The molecule has 0 saturated carbocycles. The lowest BCUT2D eigenvalue weighted by Gasteiger charge is -2.03. The fourth-order valence-electron chi connectivity index (χ4n) is 0.838. The van der Waals surface area contributed by atoms with Crippen molar-refractivity contribution in [3.8, 4) is 0 Å². The number of aromatic nitrogens is 3. The fourth-order valence-corrected chi connectivity index (χ4v) is 0.838. The molecule has 0 unspecified atom stereocenters. The molecule has 1 aromatic heterocycles. The summed E-state index contributed by atoms with van der Waals surface area (Å²) in [5.74, 6) is 0.0237. The van der Waals surface area contributed by atoms with Crippen LogP contribution in [0.15, 0.2) is 18.5 Å². The molecule has 0 aliphatic heterocycles. The van der Waals surface area contributed by atoms with Crippen molar-refractivity contribution in [1.82, 2.24) is 20.1 Å². The second-order valence-electron chi connectivity index (χ2n) is 3.03. The van der Waals surface area contributed by atoms with Crippen LogP contribution in [0.1, 0.15) is 6.92 Å². The van der Waals surface area contributed by atoms with Crippen LogP contribution in [0.2, 0.25) is 0 Å². The minimum atomic E-state index is -0.141. The highest BCUT2D eigenvalue weighted by molar-refractivity contribution is 5.75. The van der Waals surface area contributed by atoms with Crippen molar-refractivity contribution in [2.24, 2.45) is 0 Å². The van der Waals surface area contributed by atoms with Crippen LogP contribution in [-0.2, 0) is 11.3 Å². The Hall–Kier alpha value is -1.85. The highest BCUT2D eigenvalue weighted by Gasteiger charge is 2.03. The van der Waals surface area contributed by atoms with Gasteiger partial charge in [0.05, 0.1) is 0 Å². The zero-order valence-corrected chi connectivity index (χ0v) is 8.03. The van der Waals surface area contributed by atoms with Crippen LogP contribution < -0.4 is 11.1 Å². The highest BCUT2D eigenvalue weighted by Crippen LogP contribution is 1.89. The summed E-state index contributed by atoms with van der Waals surface area (Å²) in [6.07, 6.45) is 1.41. The first-order chi connectivity index (χ1) is 6.58. The number of rotatable bonds is 4. The number of carbonyl (C=O) groups excluding carboxylic acids is 1. The van der Waals surface area contributed by atoms with Crippen molar-refractivity contribution in [2.75, 3.05) is 12.3 Å². The first kappa shape index (κ1) is 10.2. The number of hydrogen-bond acceptors (Lipinski definition) is 4. The van der Waals surface area contributed by atoms with Crippen molar-refractivity contribution in [3.05, 3.63) is 18.5 Å². The Morgan fingerprint density at radius 1 is 1.79 bits per heavy atom. The summed E-state index contributed by atoms with van der Waals surface area (Å²) < 4.78 is 1.38. The van der Waals surface area contributed by atoms with Crippen molar-refractivity contribution in [3.63, 3.8) is 0 Å². The third-order valence-corrected chi connectivity index (χ3v) is 1.45. The van der Waals surface area contributed by atoms with Gasteiger partial charge < -0.3 is 11.1 Å². The quantitative estimate of drug-likeness (QED) is 0.637. The van der Waals surface area contributed by atoms with Gasteiger partial charge in [-0.15, -0.1) is 5.10 Å². The van der Waals surface area contributed by atoms with Crippen molar-refractivity contribution in [2.45, 2.75) is 13.5 Å². The molecule has 0 aromatic carbocycles. The zero-order valence-electron chi connectivity index (χ0n) is 8.03. The number of nitrogens with zero attached hydrogens (tertiary/aromatic N) is 3. The summed E-state index contributed by atoms with van der Waals surface area (Å²) in [5.41, 5.74) is 6.19. The molecule has 0 bridgehead atoms. The van der Waals surface area contributed by atoms with Gasteiger partial charge in [0, 0.05) is 6.54 Å². The maximum Gasteiger partial charge on any atom is 0.242 e. The van der Waals surface area contributed by atoms with Gasteiger partial charge in [-0.2, -0.15) is 0 Å². The Morgan fingerprint density at radius 3 is 3.00 bits per heavy atom. The third-order valence-electron chi connectivity index (χ3n) is 1.45. The summed E-state index contributed by atoms with van der Waals surface area (Å²) in [5, 5.41) is 6.45. The average Bonchev–Trinajstić information content (AvgIpc) is 2.48. The minimum absolute atomic E-state index is 0.122. The summed E-state index contributed by atoms with van der Waals surface area (Å²) in [6, 6.07) is 0. The predicted molar refractivity (Wildman–Crippen MR) is 52.3 cm³/mol. The van der Waals surface area contributed by atoms with Gasteiger partial charge in [-0.05, 0) is 6.92 Å². The first-order valence-corrected chi connectivity index (χ1v) is 4.14. The van der Waals surface area contributed by atoms with E-state index in [1.807, 2.05) is 6.92 Å². The van der Waals surface area contributed by atoms with E-state index in [1.165, 1.54) is 11.0 Å². The van der Waals surface area contributed by atoms with Crippen molar-refractivity contribution >= 4 is 11.9 Å². The lowest BCUT2D eigenvalue weighted by molar-refractivity contribution is -0.121. The van der Waals surface area contributed by atoms with Crippen LogP contribution in [-0.4, -0.2) is 27.2 Å². The Balaban J connectivity index is 2.37. The van der Waals surface area contributed by atoms with E-state index < -0.39 is 0 Å². The van der Waals surface area contributed by atoms with Gasteiger partial charge in [0.1, 0.15) is 12.9 Å². The second kappa shape index (κ2) is 4.40. The molecule has 1 heterocycles. The standard InChI is InChI=1S/C8H13N5O/c1-6(2)3-10-7(14)4-13-5-11-8(9)12-13/h5H,1,3-4H2,2H3,(H2,9,12)(H,10,14). The number of nitrogens with one attached hydrogen (secondary N) is 1. The van der Waals surface area contributed by atoms with E-state index in [2.05, 4.69) is 22.0 Å². The molecule has 0 aliphatic carbocycles. The van der Waals surface area contributed by atoms with Gasteiger partial charge in [0.25, 0.3) is 0 Å². The first-order valence-electron chi connectivity index (χ1n) is 4.14. The van der Waals surface area contributed by atoms with E-state index in [0.717, 1.165) is 5.57 Å². The third kappa shape index (κ3) is 3.26. The zero-order chi connectivity index (χ0) is 10.6. The normalized spacial score (nSPS) is 9.79. The smallest absolute Gasteiger partial charge is 0.242 e. The minimum Gasteiger partial charge on any atom is -0.367 e. The topological polar surface area (TPSA) is 85.8 Å². The lowest BCUT2D eigenvalue weighted by Crippen LogP contribution is -2.28. The average molecular weight is 195 g/mol. The Kier molecular flexibility index (Phi) is 3.22. The molecule has 76 valence electrons. The second-order valence-corrected chi connectivity index (χ2v) is 3.03. The van der Waals surface area contributed by atoms with Crippen LogP contribution in [0.4, 0.5) is 5.95 Å². The molecule has 1 aromatic rings. The molecular weight excluding hydrogens is 182 g/mol. The molecule has 0 atom stereocenters. The lowest BCUT2D eigenvalue weighted by atomic mass is 10.3. The Labute approximate surface area is 81.8 Å². The molecule has 0 fully saturated rings. The molecule has 0 aliphatic rings. The maximum absolute atomic E-state index is 11.2. The fraction of sp³-hybridized carbons (Fsp3) is 0.375. The molecule has 14 heavy (non-hydrogen) atoms. The number of carbonyl (C=O) groups is 1. The van der Waals surface area contributed by atoms with Crippen molar-refractivity contribution < 1.29 is 4.79 Å². The Morgan fingerprint density at radius 2 is 2.50 bits per heavy atom. The molecule has 0 saturated heterocycles. The van der Waals surface area contributed by atoms with Gasteiger partial charge in [-0.1, -0.05) is 12.2 Å². The molecule has 0 spiro atoms. The number of hydrogen-bond donors (Lipinski definition) is 2. The number of anilines is 1. The SMILES string of the molecule is C=C(C)CNC(=O)Cn1cnc(N)n1. The predicted octanol–water partition coefficient (Wildman–Crippen LogP) is -0.447. The largest absolute Gasteiger partial charge is 0.367 e.